The molecule has 8 heterocycles. The predicted octanol–water partition coefficient (Wildman–Crippen LogP) is 7.18. The topological polar surface area (TPSA) is 48.1 Å². The first-order valence-corrected chi connectivity index (χ1v) is 20.9. The van der Waals surface area contributed by atoms with Crippen molar-refractivity contribution >= 4 is 141 Å². The van der Waals surface area contributed by atoms with Gasteiger partial charge in [-0.3, -0.25) is 21.3 Å². The number of nitrogens with one attached hydrogen (secondary N) is 4. The van der Waals surface area contributed by atoms with Gasteiger partial charge in [-0.25, -0.2) is 0 Å². The molecule has 0 aromatic rings. The zero-order valence-corrected chi connectivity index (χ0v) is 26.6. The highest BCUT2D eigenvalue weighted by Gasteiger charge is 2.46. The summed E-state index contributed by atoms with van der Waals surface area (Å²) in [5, 5.41) is 28.0. The highest BCUT2D eigenvalue weighted by atomic mass is 32.3. The second kappa shape index (κ2) is 10.3. The van der Waals surface area contributed by atoms with E-state index in [0.29, 0.717) is 43.0 Å². The number of rotatable bonds is 0. The molecular formula is C18H16N4S12. The fourth-order valence-electron chi connectivity index (χ4n) is 4.10. The summed E-state index contributed by atoms with van der Waals surface area (Å²) in [6.07, 6.45) is 0. The van der Waals surface area contributed by atoms with Crippen LogP contribution in [0.1, 0.15) is 0 Å². The number of fused-ring (bicyclic) bond motifs is 4. The second-order valence-electron chi connectivity index (χ2n) is 7.72. The van der Waals surface area contributed by atoms with E-state index in [-0.39, 0.29) is 0 Å². The first-order chi connectivity index (χ1) is 16.8. The Morgan fingerprint density at radius 2 is 0.618 bits per heavy atom. The van der Waals surface area contributed by atoms with E-state index in [0.717, 1.165) is 0 Å². The standard InChI is InChI=1S/C18H16N4S12/c1-2-24-6-5(23-1)19-9-10(20-6)28-14-13(27-9)31-17(32-14)18-33-15-16(34-18)30-12-11(29-15)21-7-8(22-12)26-4-3-25-7/h1-12,19-22H. The van der Waals surface area contributed by atoms with Crippen molar-refractivity contribution in [3.05, 3.63) is 47.1 Å². The Morgan fingerprint density at radius 3 is 0.882 bits per heavy atom. The zero-order chi connectivity index (χ0) is 22.2. The van der Waals surface area contributed by atoms with Crippen molar-refractivity contribution in [2.24, 2.45) is 0 Å². The maximum atomic E-state index is 3.90. The van der Waals surface area contributed by atoms with E-state index in [9.17, 15) is 0 Å². The molecule has 180 valence electrons. The van der Waals surface area contributed by atoms with Gasteiger partial charge in [0.2, 0.25) is 0 Å². The van der Waals surface area contributed by atoms with Crippen LogP contribution in [0.15, 0.2) is 47.1 Å². The maximum absolute atomic E-state index is 3.90. The molecule has 0 spiro atoms. The molecule has 0 aromatic carbocycles. The summed E-state index contributed by atoms with van der Waals surface area (Å²) in [5.41, 5.74) is 0. The van der Waals surface area contributed by atoms with Crippen LogP contribution in [0.25, 0.3) is 0 Å². The van der Waals surface area contributed by atoms with Gasteiger partial charge >= 0.3 is 0 Å². The Bertz CT molecular complexity index is 915. The minimum absolute atomic E-state index is 0.428. The van der Waals surface area contributed by atoms with E-state index in [1.54, 1.807) is 0 Å². The third kappa shape index (κ3) is 4.60. The lowest BCUT2D eigenvalue weighted by atomic mass is 10.4. The van der Waals surface area contributed by atoms with Crippen molar-refractivity contribution in [1.82, 2.24) is 21.3 Å². The number of hydrogen-bond donors (Lipinski definition) is 4. The van der Waals surface area contributed by atoms with E-state index in [1.165, 1.54) is 25.4 Å². The smallest absolute Gasteiger partial charge is 0.0849 e. The van der Waals surface area contributed by atoms with Crippen molar-refractivity contribution in [2.75, 3.05) is 0 Å². The Labute approximate surface area is 249 Å². The SMILES string of the molecule is C1=CSC2NC3SC4=C(SC(=C5SC6=C(S5)SC5NC7SC=CSC7NC5S6)S4)SC3NC2S1. The first kappa shape index (κ1) is 24.5. The Morgan fingerprint density at radius 1 is 0.353 bits per heavy atom. The lowest BCUT2D eigenvalue weighted by Crippen LogP contribution is -2.62. The van der Waals surface area contributed by atoms with Crippen LogP contribution in [0.5, 0.6) is 0 Å². The van der Waals surface area contributed by atoms with Crippen molar-refractivity contribution in [1.29, 1.82) is 0 Å². The van der Waals surface area contributed by atoms with Gasteiger partial charge in [0.15, 0.2) is 0 Å². The van der Waals surface area contributed by atoms with Crippen molar-refractivity contribution in [3.63, 3.8) is 0 Å². The molecule has 0 aliphatic carbocycles. The summed E-state index contributed by atoms with van der Waals surface area (Å²) in [4.78, 5) is 0. The van der Waals surface area contributed by atoms with Gasteiger partial charge in [0.25, 0.3) is 0 Å². The summed E-state index contributed by atoms with van der Waals surface area (Å²) in [6, 6.07) is 0. The van der Waals surface area contributed by atoms with Crippen molar-refractivity contribution in [3.8, 4) is 0 Å². The lowest BCUT2D eigenvalue weighted by Gasteiger charge is -2.44. The normalized spacial score (nSPS) is 44.9. The van der Waals surface area contributed by atoms with Crippen LogP contribution in [-0.2, 0) is 0 Å². The number of hydrogen-bond acceptors (Lipinski definition) is 16. The van der Waals surface area contributed by atoms with Gasteiger partial charge in [-0.05, 0) is 21.6 Å². The molecule has 0 radical (unpaired) electrons. The molecule has 0 aromatic heterocycles. The van der Waals surface area contributed by atoms with Crippen LogP contribution in [0.2, 0.25) is 0 Å². The van der Waals surface area contributed by atoms with Crippen LogP contribution < -0.4 is 21.3 Å². The van der Waals surface area contributed by atoms with E-state index in [2.05, 4.69) is 42.9 Å². The Hall–Kier alpha value is 2.74. The van der Waals surface area contributed by atoms with Crippen LogP contribution in [0.3, 0.4) is 0 Å². The third-order valence-corrected chi connectivity index (χ3v) is 22.8. The molecule has 4 N–H and O–H groups in total. The zero-order valence-electron chi connectivity index (χ0n) is 16.8. The molecule has 0 amide bonds. The maximum Gasteiger partial charge on any atom is 0.0849 e. The molecule has 2 fully saturated rings. The van der Waals surface area contributed by atoms with Gasteiger partial charge in [0, 0.05) is 0 Å². The van der Waals surface area contributed by atoms with Crippen molar-refractivity contribution in [2.45, 2.75) is 43.0 Å². The fraction of sp³-hybridized carbons (Fsp3) is 0.444. The van der Waals surface area contributed by atoms with Gasteiger partial charge in [-0.2, -0.15) is 0 Å². The molecule has 8 atom stereocenters. The van der Waals surface area contributed by atoms with E-state index < -0.39 is 0 Å². The average molecular weight is 673 g/mol. The van der Waals surface area contributed by atoms with Gasteiger partial charge in [0.05, 0.1) is 68.4 Å². The summed E-state index contributed by atoms with van der Waals surface area (Å²) >= 11 is 23.8. The second-order valence-corrected chi connectivity index (χ2v) is 22.2. The molecule has 8 aliphatic heterocycles. The minimum atomic E-state index is 0.428. The van der Waals surface area contributed by atoms with E-state index in [4.69, 9.17) is 0 Å². The van der Waals surface area contributed by atoms with Crippen LogP contribution >= 0.6 is 141 Å². The molecule has 2 saturated heterocycles. The minimum Gasteiger partial charge on any atom is -0.289 e. The summed E-state index contributed by atoms with van der Waals surface area (Å²) < 4.78 is 8.91. The molecule has 8 rings (SSSR count). The van der Waals surface area contributed by atoms with Gasteiger partial charge < -0.3 is 0 Å². The molecular weight excluding hydrogens is 657 g/mol. The van der Waals surface area contributed by atoms with E-state index in [1.807, 2.05) is 141 Å². The molecule has 8 unspecified atom stereocenters. The average Bonchev–Trinajstić information content (AvgIpc) is 3.46. The predicted molar refractivity (Wildman–Crippen MR) is 173 cm³/mol. The number of thioether (sulfide) groups is 12. The summed E-state index contributed by atoms with van der Waals surface area (Å²) in [6.45, 7) is 0. The molecule has 4 nitrogen and oxygen atoms in total. The monoisotopic (exact) mass is 672 g/mol. The van der Waals surface area contributed by atoms with Gasteiger partial charge in [0.1, 0.15) is 0 Å². The van der Waals surface area contributed by atoms with Crippen LogP contribution in [0, 0.1) is 0 Å². The first-order valence-electron chi connectivity index (χ1n) is 10.3. The van der Waals surface area contributed by atoms with Gasteiger partial charge in [-0.1, -0.05) is 94.1 Å². The molecule has 0 saturated carbocycles. The summed E-state index contributed by atoms with van der Waals surface area (Å²) in [5.74, 6) is 0. The lowest BCUT2D eigenvalue weighted by molar-refractivity contribution is 0.434. The quantitative estimate of drug-likeness (QED) is 0.210. The largest absolute Gasteiger partial charge is 0.289 e. The highest BCUT2D eigenvalue weighted by molar-refractivity contribution is 8.46. The van der Waals surface area contributed by atoms with Gasteiger partial charge in [-0.15, -0.1) is 47.0 Å². The van der Waals surface area contributed by atoms with Crippen LogP contribution in [0.4, 0.5) is 0 Å². The van der Waals surface area contributed by atoms with E-state index >= 15 is 0 Å². The molecule has 8 aliphatic rings. The molecule has 16 heteroatoms. The third-order valence-electron chi connectivity index (χ3n) is 5.60. The fourth-order valence-corrected chi connectivity index (χ4v) is 21.8. The molecule has 0 bridgehead atoms. The van der Waals surface area contributed by atoms with Crippen LogP contribution in [-0.4, -0.2) is 43.0 Å². The highest BCUT2D eigenvalue weighted by Crippen LogP contribution is 2.70. The summed E-state index contributed by atoms with van der Waals surface area (Å²) in [7, 11) is 0. The number of piperazine rings is 2. The molecule has 34 heavy (non-hydrogen) atoms. The Balaban J connectivity index is 0.954. The van der Waals surface area contributed by atoms with Crippen molar-refractivity contribution < 1.29 is 0 Å². The Kier molecular flexibility index (Phi) is 7.42.